The summed E-state index contributed by atoms with van der Waals surface area (Å²) in [4.78, 5) is 23.0. The fourth-order valence-electron chi connectivity index (χ4n) is 2.12. The monoisotopic (exact) mass is 361 g/mol. The molecule has 0 aliphatic heterocycles. The highest BCUT2D eigenvalue weighted by atomic mass is 19.2. The van der Waals surface area contributed by atoms with Gasteiger partial charge in [-0.15, -0.1) is 0 Å². The third-order valence-corrected chi connectivity index (χ3v) is 3.53. The predicted octanol–water partition coefficient (Wildman–Crippen LogP) is 3.49. The van der Waals surface area contributed by atoms with Crippen LogP contribution in [0.2, 0.25) is 0 Å². The Morgan fingerprint density at radius 1 is 1.16 bits per heavy atom. The van der Waals surface area contributed by atoms with Gasteiger partial charge in [-0.3, -0.25) is 4.79 Å². The number of amides is 1. The van der Waals surface area contributed by atoms with Gasteiger partial charge in [-0.25, -0.2) is 18.0 Å². The number of halogens is 3. The summed E-state index contributed by atoms with van der Waals surface area (Å²) in [6.45, 7) is 2.16. The molecule has 5 nitrogen and oxygen atoms in total. The largest absolute Gasteiger partial charge is 0.469 e. The first kappa shape index (κ1) is 20.8. The summed E-state index contributed by atoms with van der Waals surface area (Å²) >= 11 is 0. The zero-order chi connectivity index (χ0) is 18.8. The molecule has 140 valence electrons. The molecule has 1 atom stereocenters. The van der Waals surface area contributed by atoms with Crippen LogP contribution in [0.5, 0.6) is 0 Å². The van der Waals surface area contributed by atoms with E-state index in [-0.39, 0.29) is 31.4 Å². The van der Waals surface area contributed by atoms with E-state index in [1.807, 2.05) is 6.92 Å². The highest BCUT2D eigenvalue weighted by Crippen LogP contribution is 2.17. The van der Waals surface area contributed by atoms with Crippen molar-refractivity contribution in [2.75, 3.05) is 13.7 Å². The van der Waals surface area contributed by atoms with Crippen LogP contribution in [-0.4, -0.2) is 31.8 Å². The van der Waals surface area contributed by atoms with E-state index in [1.165, 1.54) is 7.11 Å². The van der Waals surface area contributed by atoms with Crippen molar-refractivity contribution in [1.29, 1.82) is 0 Å². The maximum atomic E-state index is 13.8. The van der Waals surface area contributed by atoms with Gasteiger partial charge in [-0.1, -0.05) is 13.3 Å². The lowest BCUT2D eigenvalue weighted by Crippen LogP contribution is -2.37. The molecule has 0 radical (unpaired) electrons. The van der Waals surface area contributed by atoms with Gasteiger partial charge in [0.2, 0.25) is 0 Å². The number of benzene rings is 1. The zero-order valence-electron chi connectivity index (χ0n) is 14.2. The maximum Gasteiger partial charge on any atom is 0.407 e. The first-order chi connectivity index (χ1) is 11.9. The average molecular weight is 361 g/mol. The summed E-state index contributed by atoms with van der Waals surface area (Å²) in [5.41, 5.74) is -0.109. The standard InChI is InChI=1S/C17H22F3NO4/c1-3-4-7-25-17(23)21-12(5-6-16(22)24-2)8-11-9-14(19)15(20)10-13(11)18/h9-10,12H,3-8H2,1-2H3,(H,21,23). The minimum atomic E-state index is -1.29. The second-order valence-electron chi connectivity index (χ2n) is 5.51. The topological polar surface area (TPSA) is 64.6 Å². The number of esters is 1. The number of nitrogens with one attached hydrogen (secondary N) is 1. The van der Waals surface area contributed by atoms with E-state index in [4.69, 9.17) is 4.74 Å². The second-order valence-corrected chi connectivity index (χ2v) is 5.51. The number of ether oxygens (including phenoxy) is 2. The Bertz CT molecular complexity index is 596. The zero-order valence-corrected chi connectivity index (χ0v) is 14.2. The molecule has 1 amide bonds. The van der Waals surface area contributed by atoms with Gasteiger partial charge in [-0.2, -0.15) is 0 Å². The van der Waals surface area contributed by atoms with Crippen LogP contribution >= 0.6 is 0 Å². The molecule has 0 heterocycles. The van der Waals surface area contributed by atoms with Gasteiger partial charge in [0.05, 0.1) is 13.7 Å². The van der Waals surface area contributed by atoms with Gasteiger partial charge < -0.3 is 14.8 Å². The van der Waals surface area contributed by atoms with Gasteiger partial charge in [0.25, 0.3) is 0 Å². The number of methoxy groups -OCH3 is 1. The first-order valence-corrected chi connectivity index (χ1v) is 8.00. The molecule has 25 heavy (non-hydrogen) atoms. The molecular formula is C17H22F3NO4. The van der Waals surface area contributed by atoms with Crippen LogP contribution in [-0.2, 0) is 20.7 Å². The Kier molecular flexibility index (Phi) is 8.80. The lowest BCUT2D eigenvalue weighted by molar-refractivity contribution is -0.140. The maximum absolute atomic E-state index is 13.8. The Morgan fingerprint density at radius 2 is 1.84 bits per heavy atom. The van der Waals surface area contributed by atoms with Crippen LogP contribution in [0.4, 0.5) is 18.0 Å². The van der Waals surface area contributed by atoms with Crippen molar-refractivity contribution in [3.05, 3.63) is 35.1 Å². The van der Waals surface area contributed by atoms with Crippen LogP contribution in [0, 0.1) is 17.5 Å². The second kappa shape index (κ2) is 10.6. The van der Waals surface area contributed by atoms with Gasteiger partial charge in [0.15, 0.2) is 11.6 Å². The number of alkyl carbamates (subject to hydrolysis) is 1. The Hall–Kier alpha value is -2.25. The van der Waals surface area contributed by atoms with Crippen molar-refractivity contribution in [3.8, 4) is 0 Å². The summed E-state index contributed by atoms with van der Waals surface area (Å²) in [6, 6.07) is 0.481. The van der Waals surface area contributed by atoms with Gasteiger partial charge >= 0.3 is 12.1 Å². The molecule has 1 aromatic rings. The molecular weight excluding hydrogens is 339 g/mol. The molecule has 0 aliphatic rings. The van der Waals surface area contributed by atoms with Crippen LogP contribution in [0.15, 0.2) is 12.1 Å². The molecule has 0 saturated carbocycles. The number of hydrogen-bond donors (Lipinski definition) is 1. The minimum Gasteiger partial charge on any atom is -0.469 e. The Balaban J connectivity index is 2.78. The molecule has 1 unspecified atom stereocenters. The van der Waals surface area contributed by atoms with E-state index in [2.05, 4.69) is 10.1 Å². The number of hydrogen-bond acceptors (Lipinski definition) is 4. The third kappa shape index (κ3) is 7.45. The summed E-state index contributed by atoms with van der Waals surface area (Å²) < 4.78 is 49.6. The van der Waals surface area contributed by atoms with Gasteiger partial charge in [0.1, 0.15) is 5.82 Å². The van der Waals surface area contributed by atoms with Crippen molar-refractivity contribution in [2.45, 2.75) is 45.1 Å². The summed E-state index contributed by atoms with van der Waals surface area (Å²) in [6.07, 6.45) is 0.807. The molecule has 0 fully saturated rings. The van der Waals surface area contributed by atoms with E-state index < -0.39 is 35.6 Å². The lowest BCUT2D eigenvalue weighted by atomic mass is 10.0. The number of rotatable bonds is 9. The van der Waals surface area contributed by atoms with Crippen LogP contribution in [0.1, 0.15) is 38.2 Å². The van der Waals surface area contributed by atoms with Gasteiger partial charge in [0, 0.05) is 18.5 Å². The summed E-state index contributed by atoms with van der Waals surface area (Å²) in [7, 11) is 1.22. The molecule has 1 aromatic carbocycles. The molecule has 0 bridgehead atoms. The van der Waals surface area contributed by atoms with Crippen molar-refractivity contribution in [3.63, 3.8) is 0 Å². The Labute approximate surface area is 144 Å². The number of carbonyl (C=O) groups is 2. The lowest BCUT2D eigenvalue weighted by Gasteiger charge is -2.19. The minimum absolute atomic E-state index is 0.0261. The molecule has 0 saturated heterocycles. The number of unbranched alkanes of at least 4 members (excludes halogenated alkanes) is 1. The van der Waals surface area contributed by atoms with E-state index in [1.54, 1.807) is 0 Å². The predicted molar refractivity (Wildman–Crippen MR) is 84.4 cm³/mol. The average Bonchev–Trinajstić information content (AvgIpc) is 2.57. The summed E-state index contributed by atoms with van der Waals surface area (Å²) in [5, 5.41) is 2.51. The molecule has 0 aliphatic carbocycles. The van der Waals surface area contributed by atoms with Crippen LogP contribution < -0.4 is 5.32 Å². The van der Waals surface area contributed by atoms with E-state index >= 15 is 0 Å². The molecule has 0 aromatic heterocycles. The highest BCUT2D eigenvalue weighted by Gasteiger charge is 2.19. The van der Waals surface area contributed by atoms with Gasteiger partial charge in [-0.05, 0) is 30.9 Å². The van der Waals surface area contributed by atoms with Crippen molar-refractivity contribution >= 4 is 12.1 Å². The first-order valence-electron chi connectivity index (χ1n) is 8.00. The third-order valence-electron chi connectivity index (χ3n) is 3.53. The SMILES string of the molecule is CCCCOC(=O)NC(CCC(=O)OC)Cc1cc(F)c(F)cc1F. The Morgan fingerprint density at radius 3 is 2.48 bits per heavy atom. The molecule has 8 heteroatoms. The van der Waals surface area contributed by atoms with E-state index in [9.17, 15) is 22.8 Å². The van der Waals surface area contributed by atoms with Crippen molar-refractivity contribution < 1.29 is 32.2 Å². The number of carbonyl (C=O) groups excluding carboxylic acids is 2. The fourth-order valence-corrected chi connectivity index (χ4v) is 2.12. The fraction of sp³-hybridized carbons (Fsp3) is 0.529. The van der Waals surface area contributed by atoms with E-state index in [0.29, 0.717) is 12.5 Å². The highest BCUT2D eigenvalue weighted by molar-refractivity contribution is 5.70. The molecule has 0 spiro atoms. The molecule has 1 N–H and O–H groups in total. The van der Waals surface area contributed by atoms with Crippen molar-refractivity contribution in [2.24, 2.45) is 0 Å². The van der Waals surface area contributed by atoms with Crippen molar-refractivity contribution in [1.82, 2.24) is 5.32 Å². The summed E-state index contributed by atoms with van der Waals surface area (Å²) in [5.74, 6) is -3.91. The normalized spacial score (nSPS) is 11.7. The van der Waals surface area contributed by atoms with Crippen LogP contribution in [0.3, 0.4) is 0 Å². The molecule has 1 rings (SSSR count). The van der Waals surface area contributed by atoms with Crippen LogP contribution in [0.25, 0.3) is 0 Å². The quantitative estimate of drug-likeness (QED) is 0.415. The van der Waals surface area contributed by atoms with E-state index in [0.717, 1.165) is 12.5 Å². The smallest absolute Gasteiger partial charge is 0.407 e.